The first kappa shape index (κ1) is 17.3. The summed E-state index contributed by atoms with van der Waals surface area (Å²) in [6.07, 6.45) is -6.48. The van der Waals surface area contributed by atoms with Crippen LogP contribution in [0.3, 0.4) is 0 Å². The molecule has 0 aromatic rings. The monoisotopic (exact) mass is 294 g/mol. The number of hydrogen-bond donors (Lipinski definition) is 5. The maximum Gasteiger partial charge on any atom is 0.311 e. The van der Waals surface area contributed by atoms with Gasteiger partial charge in [0.2, 0.25) is 5.79 Å². The summed E-state index contributed by atoms with van der Waals surface area (Å²) in [5.74, 6) is -3.03. The average Bonchev–Trinajstić information content (AvgIpc) is 2.37. The SMILES string of the molecule is CC(C)(C)C(=O)OCC1(O)O[C@H](CO)[C@@H](O)[C@H](O)[C@H]1O. The lowest BCUT2D eigenvalue weighted by molar-refractivity contribution is -0.358. The van der Waals surface area contributed by atoms with Crippen molar-refractivity contribution in [3.8, 4) is 0 Å². The van der Waals surface area contributed by atoms with Gasteiger partial charge in [-0.2, -0.15) is 0 Å². The van der Waals surface area contributed by atoms with Gasteiger partial charge in [-0.1, -0.05) is 0 Å². The molecule has 118 valence electrons. The third-order valence-electron chi connectivity index (χ3n) is 3.07. The molecule has 1 aliphatic heterocycles. The molecule has 0 saturated carbocycles. The van der Waals surface area contributed by atoms with Crippen LogP contribution in [0.25, 0.3) is 0 Å². The number of esters is 1. The first-order valence-corrected chi connectivity index (χ1v) is 6.25. The van der Waals surface area contributed by atoms with Crippen molar-refractivity contribution >= 4 is 5.97 Å². The van der Waals surface area contributed by atoms with E-state index in [1.807, 2.05) is 0 Å². The van der Waals surface area contributed by atoms with Gasteiger partial charge in [-0.05, 0) is 20.8 Å². The molecule has 0 radical (unpaired) electrons. The third kappa shape index (κ3) is 3.46. The van der Waals surface area contributed by atoms with E-state index in [1.54, 1.807) is 20.8 Å². The molecule has 0 aromatic carbocycles. The van der Waals surface area contributed by atoms with Gasteiger partial charge in [-0.15, -0.1) is 0 Å². The van der Waals surface area contributed by atoms with Crippen molar-refractivity contribution in [2.45, 2.75) is 51.0 Å². The van der Waals surface area contributed by atoms with Crippen molar-refractivity contribution < 1.29 is 39.8 Å². The van der Waals surface area contributed by atoms with E-state index in [1.165, 1.54) is 0 Å². The zero-order valence-corrected chi connectivity index (χ0v) is 11.7. The Bertz CT molecular complexity index is 350. The van der Waals surface area contributed by atoms with Crippen LogP contribution in [0.5, 0.6) is 0 Å². The summed E-state index contributed by atoms with van der Waals surface area (Å²) >= 11 is 0. The number of carbonyl (C=O) groups is 1. The molecule has 5 N–H and O–H groups in total. The van der Waals surface area contributed by atoms with Gasteiger partial charge in [0, 0.05) is 0 Å². The highest BCUT2D eigenvalue weighted by Crippen LogP contribution is 2.29. The predicted octanol–water partition coefficient (Wildman–Crippen LogP) is -2.26. The molecular formula is C12H22O8. The van der Waals surface area contributed by atoms with E-state index in [0.29, 0.717) is 0 Å². The number of aliphatic hydroxyl groups is 5. The Morgan fingerprint density at radius 3 is 2.25 bits per heavy atom. The van der Waals surface area contributed by atoms with E-state index in [-0.39, 0.29) is 0 Å². The summed E-state index contributed by atoms with van der Waals surface area (Å²) in [5, 5.41) is 48.0. The van der Waals surface area contributed by atoms with Crippen molar-refractivity contribution in [2.75, 3.05) is 13.2 Å². The second-order valence-electron chi connectivity index (χ2n) is 5.94. The molecule has 1 saturated heterocycles. The topological polar surface area (TPSA) is 137 Å². The minimum Gasteiger partial charge on any atom is -0.459 e. The molecule has 0 bridgehead atoms. The molecule has 0 aromatic heterocycles. The minimum absolute atomic E-state index is 0.636. The van der Waals surface area contributed by atoms with Crippen LogP contribution < -0.4 is 0 Å². The van der Waals surface area contributed by atoms with E-state index in [9.17, 15) is 25.2 Å². The van der Waals surface area contributed by atoms with Crippen molar-refractivity contribution in [1.29, 1.82) is 0 Å². The van der Waals surface area contributed by atoms with Crippen LogP contribution in [0, 0.1) is 5.41 Å². The van der Waals surface area contributed by atoms with E-state index in [2.05, 4.69) is 0 Å². The van der Waals surface area contributed by atoms with Crippen LogP contribution in [-0.2, 0) is 14.3 Å². The van der Waals surface area contributed by atoms with Gasteiger partial charge in [0.05, 0.1) is 12.0 Å². The van der Waals surface area contributed by atoms with Gasteiger partial charge in [0.1, 0.15) is 31.0 Å². The van der Waals surface area contributed by atoms with Gasteiger partial charge in [0.25, 0.3) is 0 Å². The summed E-state index contributed by atoms with van der Waals surface area (Å²) in [5.41, 5.74) is -0.815. The van der Waals surface area contributed by atoms with Crippen LogP contribution in [0.1, 0.15) is 20.8 Å². The molecule has 1 heterocycles. The molecule has 0 amide bonds. The molecule has 1 fully saturated rings. The number of carbonyl (C=O) groups excluding carboxylic acids is 1. The zero-order valence-electron chi connectivity index (χ0n) is 11.7. The fourth-order valence-electron chi connectivity index (χ4n) is 1.73. The van der Waals surface area contributed by atoms with E-state index in [4.69, 9.17) is 14.6 Å². The first-order valence-electron chi connectivity index (χ1n) is 6.25. The van der Waals surface area contributed by atoms with E-state index >= 15 is 0 Å². The van der Waals surface area contributed by atoms with Gasteiger partial charge in [0.15, 0.2) is 0 Å². The summed E-state index contributed by atoms with van der Waals surface area (Å²) in [6.45, 7) is 3.40. The largest absolute Gasteiger partial charge is 0.459 e. The first-order chi connectivity index (χ1) is 9.03. The highest BCUT2D eigenvalue weighted by molar-refractivity contribution is 5.75. The molecule has 8 heteroatoms. The Morgan fingerprint density at radius 1 is 1.25 bits per heavy atom. The smallest absolute Gasteiger partial charge is 0.311 e. The molecule has 20 heavy (non-hydrogen) atoms. The number of ether oxygens (including phenoxy) is 2. The number of hydrogen-bond acceptors (Lipinski definition) is 8. The molecule has 0 spiro atoms. The Kier molecular flexibility index (Phi) is 5.12. The maximum absolute atomic E-state index is 11.6. The predicted molar refractivity (Wildman–Crippen MR) is 65.3 cm³/mol. The van der Waals surface area contributed by atoms with Crippen LogP contribution >= 0.6 is 0 Å². The van der Waals surface area contributed by atoms with Gasteiger partial charge in [-0.3, -0.25) is 4.79 Å². The fraction of sp³-hybridized carbons (Fsp3) is 0.917. The number of aliphatic hydroxyl groups excluding tert-OH is 4. The lowest BCUT2D eigenvalue weighted by Crippen LogP contribution is -2.67. The second-order valence-corrected chi connectivity index (χ2v) is 5.94. The lowest BCUT2D eigenvalue weighted by Gasteiger charge is -2.44. The van der Waals surface area contributed by atoms with Gasteiger partial charge < -0.3 is 35.0 Å². The average molecular weight is 294 g/mol. The quantitative estimate of drug-likeness (QED) is 0.368. The highest BCUT2D eigenvalue weighted by Gasteiger charge is 2.53. The minimum atomic E-state index is -2.40. The van der Waals surface area contributed by atoms with Crippen molar-refractivity contribution in [3.05, 3.63) is 0 Å². The molecule has 8 nitrogen and oxygen atoms in total. The Balaban J connectivity index is 2.78. The molecular weight excluding hydrogens is 272 g/mol. The summed E-state index contributed by atoms with van der Waals surface area (Å²) < 4.78 is 9.80. The van der Waals surface area contributed by atoms with E-state index < -0.39 is 54.8 Å². The maximum atomic E-state index is 11.6. The highest BCUT2D eigenvalue weighted by atomic mass is 16.7. The van der Waals surface area contributed by atoms with Crippen molar-refractivity contribution in [1.82, 2.24) is 0 Å². The molecule has 0 aliphatic carbocycles. The summed E-state index contributed by atoms with van der Waals surface area (Å²) in [4.78, 5) is 11.6. The number of rotatable bonds is 3. The summed E-state index contributed by atoms with van der Waals surface area (Å²) in [6, 6.07) is 0. The van der Waals surface area contributed by atoms with Gasteiger partial charge in [-0.25, -0.2) is 0 Å². The molecule has 1 unspecified atom stereocenters. The van der Waals surface area contributed by atoms with Crippen LogP contribution in [-0.4, -0.2) is 74.9 Å². The third-order valence-corrected chi connectivity index (χ3v) is 3.07. The normalized spacial score (nSPS) is 38.6. The fourth-order valence-corrected chi connectivity index (χ4v) is 1.73. The molecule has 5 atom stereocenters. The Morgan fingerprint density at radius 2 is 1.80 bits per heavy atom. The van der Waals surface area contributed by atoms with Crippen LogP contribution in [0.15, 0.2) is 0 Å². The molecule has 1 aliphatic rings. The lowest BCUT2D eigenvalue weighted by atomic mass is 9.93. The van der Waals surface area contributed by atoms with Crippen LogP contribution in [0.2, 0.25) is 0 Å². The zero-order chi connectivity index (χ0) is 15.7. The molecule has 1 rings (SSSR count). The Hall–Kier alpha value is -0.770. The Labute approximate surface area is 116 Å². The standard InChI is InChI=1S/C12H22O8/c1-11(2,3)10(17)19-5-12(18)9(16)8(15)7(14)6(4-13)20-12/h6-9,13-16,18H,4-5H2,1-3H3/t6-,7-,8+,9-,12?/m1/s1. The van der Waals surface area contributed by atoms with Crippen molar-refractivity contribution in [2.24, 2.45) is 5.41 Å². The second kappa shape index (κ2) is 5.92. The summed E-state index contributed by atoms with van der Waals surface area (Å²) in [7, 11) is 0. The van der Waals surface area contributed by atoms with Crippen molar-refractivity contribution in [3.63, 3.8) is 0 Å². The van der Waals surface area contributed by atoms with Crippen LogP contribution in [0.4, 0.5) is 0 Å². The van der Waals surface area contributed by atoms with E-state index in [0.717, 1.165) is 0 Å². The van der Waals surface area contributed by atoms with Gasteiger partial charge >= 0.3 is 5.97 Å².